The van der Waals surface area contributed by atoms with Crippen molar-refractivity contribution < 1.29 is 23.1 Å². The van der Waals surface area contributed by atoms with E-state index in [0.717, 1.165) is 25.1 Å². The maximum atomic E-state index is 12.8. The molecule has 1 N–H and O–H groups in total. The highest BCUT2D eigenvalue weighted by Gasteiger charge is 2.34. The molecule has 0 aliphatic heterocycles. The molecule has 2 aromatic rings. The summed E-state index contributed by atoms with van der Waals surface area (Å²) in [6.45, 7) is 1.43. The molecule has 1 aliphatic rings. The van der Waals surface area contributed by atoms with Crippen LogP contribution >= 0.6 is 0 Å². The Labute approximate surface area is 134 Å². The number of halogens is 3. The van der Waals surface area contributed by atoms with Gasteiger partial charge in [0.05, 0.1) is 11.9 Å². The molecule has 0 bridgehead atoms. The van der Waals surface area contributed by atoms with Crippen LogP contribution in [0.1, 0.15) is 46.1 Å². The minimum absolute atomic E-state index is 0.0993. The number of alkyl halides is 3. The molecule has 1 saturated carbocycles. The SMILES string of the molecule is Cc1cc(C(F)(F)F)ncc1-n1c(C2CC2)ccc(C(=O)O)c1=O. The third kappa shape index (κ3) is 2.79. The number of carbonyl (C=O) groups is 1. The number of carboxylic acid groups (broad SMARTS) is 1. The van der Waals surface area contributed by atoms with Crippen molar-refractivity contribution in [1.82, 2.24) is 9.55 Å². The van der Waals surface area contributed by atoms with Crippen LogP contribution in [0.15, 0.2) is 29.2 Å². The lowest BCUT2D eigenvalue weighted by Crippen LogP contribution is -2.28. The van der Waals surface area contributed by atoms with E-state index >= 15 is 0 Å². The number of aromatic nitrogens is 2. The van der Waals surface area contributed by atoms with E-state index in [4.69, 9.17) is 5.11 Å². The fourth-order valence-electron chi connectivity index (χ4n) is 2.60. The van der Waals surface area contributed by atoms with Crippen molar-refractivity contribution in [2.24, 2.45) is 0 Å². The standard InChI is InChI=1S/C16H13F3N2O3/c1-8-6-13(16(17,18)19)20-7-12(8)21-11(9-2-3-9)5-4-10(14(21)22)15(23)24/h4-7,9H,2-3H2,1H3,(H,23,24). The Kier molecular flexibility index (Phi) is 3.70. The lowest BCUT2D eigenvalue weighted by Gasteiger charge is -2.16. The number of rotatable bonds is 3. The second-order valence-electron chi connectivity index (χ2n) is 5.75. The second-order valence-corrected chi connectivity index (χ2v) is 5.75. The Bertz CT molecular complexity index is 883. The van der Waals surface area contributed by atoms with Crippen molar-refractivity contribution in [1.29, 1.82) is 0 Å². The molecule has 0 unspecified atom stereocenters. The predicted octanol–water partition coefficient (Wildman–Crippen LogP) is 3.14. The van der Waals surface area contributed by atoms with Gasteiger partial charge in [-0.3, -0.25) is 9.36 Å². The topological polar surface area (TPSA) is 72.2 Å². The zero-order valence-corrected chi connectivity index (χ0v) is 12.6. The Morgan fingerprint density at radius 2 is 2.00 bits per heavy atom. The molecular formula is C16H13F3N2O3. The average molecular weight is 338 g/mol. The van der Waals surface area contributed by atoms with E-state index in [9.17, 15) is 22.8 Å². The van der Waals surface area contributed by atoms with E-state index in [-0.39, 0.29) is 17.2 Å². The normalized spacial score (nSPS) is 14.7. The first-order valence-corrected chi connectivity index (χ1v) is 7.23. The van der Waals surface area contributed by atoms with Gasteiger partial charge in [-0.1, -0.05) is 0 Å². The average Bonchev–Trinajstić information content (AvgIpc) is 3.30. The molecule has 24 heavy (non-hydrogen) atoms. The number of carboxylic acids is 1. The van der Waals surface area contributed by atoms with E-state index in [0.29, 0.717) is 5.69 Å². The predicted molar refractivity (Wildman–Crippen MR) is 78.5 cm³/mol. The summed E-state index contributed by atoms with van der Waals surface area (Å²) in [6, 6.07) is 3.63. The molecule has 2 heterocycles. The summed E-state index contributed by atoms with van der Waals surface area (Å²) in [5.74, 6) is -1.28. The molecule has 8 heteroatoms. The van der Waals surface area contributed by atoms with Gasteiger partial charge in [-0.2, -0.15) is 13.2 Å². The van der Waals surface area contributed by atoms with Crippen LogP contribution in [0.3, 0.4) is 0 Å². The molecule has 3 rings (SSSR count). The summed E-state index contributed by atoms with van der Waals surface area (Å²) in [5.41, 5.74) is -1.30. The summed E-state index contributed by atoms with van der Waals surface area (Å²) in [4.78, 5) is 27.1. The smallest absolute Gasteiger partial charge is 0.433 e. The van der Waals surface area contributed by atoms with Crippen molar-refractivity contribution in [3.05, 3.63) is 57.3 Å². The van der Waals surface area contributed by atoms with Crippen molar-refractivity contribution in [3.8, 4) is 5.69 Å². The number of nitrogens with zero attached hydrogens (tertiary/aromatic N) is 2. The maximum absolute atomic E-state index is 12.8. The fraction of sp³-hybridized carbons (Fsp3) is 0.312. The molecule has 0 spiro atoms. The minimum Gasteiger partial charge on any atom is -0.477 e. The monoisotopic (exact) mass is 338 g/mol. The number of hydrogen-bond donors (Lipinski definition) is 1. The summed E-state index contributed by atoms with van der Waals surface area (Å²) >= 11 is 0. The fourth-order valence-corrected chi connectivity index (χ4v) is 2.60. The van der Waals surface area contributed by atoms with E-state index in [1.807, 2.05) is 0 Å². The van der Waals surface area contributed by atoms with Gasteiger partial charge in [0.25, 0.3) is 5.56 Å². The van der Waals surface area contributed by atoms with E-state index in [1.54, 1.807) is 6.07 Å². The molecule has 0 aromatic carbocycles. The van der Waals surface area contributed by atoms with Crippen LogP contribution < -0.4 is 5.56 Å². The Hall–Kier alpha value is -2.64. The van der Waals surface area contributed by atoms with E-state index < -0.39 is 29.0 Å². The summed E-state index contributed by atoms with van der Waals surface area (Å²) in [5, 5.41) is 9.12. The van der Waals surface area contributed by atoms with Crippen LogP contribution in [0.25, 0.3) is 5.69 Å². The lowest BCUT2D eigenvalue weighted by molar-refractivity contribution is -0.141. The zero-order chi connectivity index (χ0) is 17.6. The second kappa shape index (κ2) is 5.47. The third-order valence-corrected chi connectivity index (χ3v) is 3.95. The quantitative estimate of drug-likeness (QED) is 0.933. The Balaban J connectivity index is 2.23. The highest BCUT2D eigenvalue weighted by molar-refractivity contribution is 5.87. The van der Waals surface area contributed by atoms with Crippen molar-refractivity contribution >= 4 is 5.97 Å². The molecule has 0 saturated heterocycles. The molecule has 0 radical (unpaired) electrons. The molecule has 1 fully saturated rings. The highest BCUT2D eigenvalue weighted by atomic mass is 19.4. The minimum atomic E-state index is -4.59. The van der Waals surface area contributed by atoms with Gasteiger partial charge >= 0.3 is 12.1 Å². The number of pyridine rings is 2. The number of hydrogen-bond acceptors (Lipinski definition) is 3. The molecule has 0 atom stereocenters. The molecule has 5 nitrogen and oxygen atoms in total. The Morgan fingerprint density at radius 1 is 1.33 bits per heavy atom. The molecule has 0 amide bonds. The van der Waals surface area contributed by atoms with Gasteiger partial charge in [0, 0.05) is 5.69 Å². The molecule has 126 valence electrons. The Morgan fingerprint density at radius 3 is 2.50 bits per heavy atom. The molecular weight excluding hydrogens is 325 g/mol. The van der Waals surface area contributed by atoms with Gasteiger partial charge in [-0.25, -0.2) is 9.78 Å². The molecule has 1 aliphatic carbocycles. The van der Waals surface area contributed by atoms with Gasteiger partial charge < -0.3 is 5.11 Å². The van der Waals surface area contributed by atoms with Gasteiger partial charge in [-0.15, -0.1) is 0 Å². The number of aryl methyl sites for hydroxylation is 1. The first kappa shape index (κ1) is 16.2. The van der Waals surface area contributed by atoms with Crippen LogP contribution in [0, 0.1) is 6.92 Å². The van der Waals surface area contributed by atoms with E-state index in [1.165, 1.54) is 17.6 Å². The lowest BCUT2D eigenvalue weighted by atomic mass is 10.1. The number of aromatic carboxylic acids is 1. The maximum Gasteiger partial charge on any atom is 0.433 e. The molecule has 2 aromatic heterocycles. The van der Waals surface area contributed by atoms with Crippen LogP contribution in [-0.2, 0) is 6.18 Å². The van der Waals surface area contributed by atoms with Crippen LogP contribution in [0.4, 0.5) is 13.2 Å². The summed E-state index contributed by atoms with van der Waals surface area (Å²) in [6.07, 6.45) is -1.93. The first-order valence-electron chi connectivity index (χ1n) is 7.23. The van der Waals surface area contributed by atoms with Crippen molar-refractivity contribution in [2.45, 2.75) is 31.9 Å². The summed E-state index contributed by atoms with van der Waals surface area (Å²) in [7, 11) is 0. The third-order valence-electron chi connectivity index (χ3n) is 3.95. The highest BCUT2D eigenvalue weighted by Crippen LogP contribution is 2.40. The van der Waals surface area contributed by atoms with Crippen LogP contribution in [-0.4, -0.2) is 20.6 Å². The van der Waals surface area contributed by atoms with Crippen molar-refractivity contribution in [2.75, 3.05) is 0 Å². The van der Waals surface area contributed by atoms with Crippen LogP contribution in [0.5, 0.6) is 0 Å². The van der Waals surface area contributed by atoms with Gasteiger partial charge in [-0.05, 0) is 49.4 Å². The zero-order valence-electron chi connectivity index (χ0n) is 12.6. The van der Waals surface area contributed by atoms with Crippen molar-refractivity contribution in [3.63, 3.8) is 0 Å². The van der Waals surface area contributed by atoms with E-state index in [2.05, 4.69) is 4.98 Å². The largest absolute Gasteiger partial charge is 0.477 e. The first-order chi connectivity index (χ1) is 11.2. The van der Waals surface area contributed by atoms with Gasteiger partial charge in [0.2, 0.25) is 0 Å². The van der Waals surface area contributed by atoms with Gasteiger partial charge in [0.15, 0.2) is 0 Å². The van der Waals surface area contributed by atoms with Gasteiger partial charge in [0.1, 0.15) is 11.3 Å². The summed E-state index contributed by atoms with van der Waals surface area (Å²) < 4.78 is 39.5. The van der Waals surface area contributed by atoms with Crippen LogP contribution in [0.2, 0.25) is 0 Å².